The highest BCUT2D eigenvalue weighted by molar-refractivity contribution is 9.10. The molecule has 0 saturated heterocycles. The van der Waals surface area contributed by atoms with Crippen LogP contribution in [-0.4, -0.2) is 12.8 Å². The third kappa shape index (κ3) is 2.24. The van der Waals surface area contributed by atoms with E-state index in [0.29, 0.717) is 12.0 Å². The lowest BCUT2D eigenvalue weighted by Gasteiger charge is -2.22. The van der Waals surface area contributed by atoms with E-state index in [9.17, 15) is 0 Å². The molecule has 0 aromatic heterocycles. The van der Waals surface area contributed by atoms with Gasteiger partial charge in [0.2, 0.25) is 0 Å². The first-order valence-electron chi connectivity index (χ1n) is 5.26. The van der Waals surface area contributed by atoms with Gasteiger partial charge in [-0.25, -0.2) is 0 Å². The Morgan fingerprint density at radius 3 is 3.00 bits per heavy atom. The Bertz CT molecular complexity index is 353. The molecular weight excluding hydrogens is 270 g/mol. The van der Waals surface area contributed by atoms with E-state index >= 15 is 0 Å². The molecule has 0 bridgehead atoms. The highest BCUT2D eigenvalue weighted by Gasteiger charge is 2.24. The van der Waals surface area contributed by atoms with Crippen molar-refractivity contribution < 1.29 is 0 Å². The summed E-state index contributed by atoms with van der Waals surface area (Å²) in [5.74, 6) is 3.04. The Morgan fingerprint density at radius 2 is 2.27 bits per heavy atom. The van der Waals surface area contributed by atoms with E-state index in [1.54, 1.807) is 0 Å². The monoisotopic (exact) mass is 285 g/mol. The molecule has 2 rings (SSSR count). The lowest BCUT2D eigenvalue weighted by atomic mass is 9.93. The van der Waals surface area contributed by atoms with E-state index in [-0.39, 0.29) is 0 Å². The molecule has 1 heterocycles. The van der Waals surface area contributed by atoms with Crippen LogP contribution in [0, 0.1) is 5.92 Å². The van der Waals surface area contributed by atoms with Crippen LogP contribution in [0.5, 0.6) is 0 Å². The van der Waals surface area contributed by atoms with Gasteiger partial charge in [0, 0.05) is 16.3 Å². The number of rotatable bonds is 1. The topological polar surface area (TPSA) is 12.0 Å². The molecule has 0 aliphatic carbocycles. The number of hydrogen-bond acceptors (Lipinski definition) is 2. The molecule has 1 N–H and O–H groups in total. The molecule has 1 aliphatic rings. The number of halogens is 1. The molecule has 1 nitrogen and oxygen atoms in total. The van der Waals surface area contributed by atoms with Crippen molar-refractivity contribution in [2.75, 3.05) is 12.8 Å². The molecule has 82 valence electrons. The van der Waals surface area contributed by atoms with Crippen molar-refractivity contribution in [3.05, 3.63) is 33.8 Å². The second kappa shape index (κ2) is 4.89. The first-order valence-corrected chi connectivity index (χ1v) is 7.21. The SMILES string of the molecule is CNC1c2cccc(Br)c2CSCC1C. The van der Waals surface area contributed by atoms with Gasteiger partial charge in [0.25, 0.3) is 0 Å². The number of benzene rings is 1. The molecule has 3 heteroatoms. The molecule has 1 aromatic rings. The first kappa shape index (κ1) is 11.5. The molecule has 2 unspecified atom stereocenters. The van der Waals surface area contributed by atoms with Gasteiger partial charge in [0.15, 0.2) is 0 Å². The summed E-state index contributed by atoms with van der Waals surface area (Å²) in [5.41, 5.74) is 2.93. The van der Waals surface area contributed by atoms with E-state index in [1.807, 2.05) is 11.8 Å². The van der Waals surface area contributed by atoms with Gasteiger partial charge in [0.05, 0.1) is 0 Å². The third-order valence-corrected chi connectivity index (χ3v) is 4.99. The Labute approximate surface area is 104 Å². The summed E-state index contributed by atoms with van der Waals surface area (Å²) in [7, 11) is 2.06. The fourth-order valence-electron chi connectivity index (χ4n) is 2.21. The molecule has 1 aliphatic heterocycles. The van der Waals surface area contributed by atoms with E-state index < -0.39 is 0 Å². The van der Waals surface area contributed by atoms with Crippen molar-refractivity contribution in [3.63, 3.8) is 0 Å². The van der Waals surface area contributed by atoms with Gasteiger partial charge in [-0.05, 0) is 35.9 Å². The molecule has 2 atom stereocenters. The van der Waals surface area contributed by atoms with Gasteiger partial charge in [-0.2, -0.15) is 11.8 Å². The normalized spacial score (nSPS) is 25.8. The zero-order valence-electron chi connectivity index (χ0n) is 9.09. The zero-order valence-corrected chi connectivity index (χ0v) is 11.5. The predicted octanol–water partition coefficient (Wildman–Crippen LogP) is 3.59. The second-order valence-corrected chi connectivity index (χ2v) is 5.95. The molecule has 0 amide bonds. The van der Waals surface area contributed by atoms with Crippen molar-refractivity contribution in [2.45, 2.75) is 18.7 Å². The molecular formula is C12H16BrNS. The summed E-state index contributed by atoms with van der Waals surface area (Å²) in [6.07, 6.45) is 0. The van der Waals surface area contributed by atoms with Gasteiger partial charge < -0.3 is 5.32 Å². The van der Waals surface area contributed by atoms with Gasteiger partial charge in [0.1, 0.15) is 0 Å². The Hall–Kier alpha value is 0.01000. The molecule has 0 spiro atoms. The van der Waals surface area contributed by atoms with E-state index in [0.717, 1.165) is 5.75 Å². The standard InChI is InChI=1S/C12H16BrNS/c1-8-6-15-7-10-9(12(8)14-2)4-3-5-11(10)13/h3-5,8,12,14H,6-7H2,1-2H3. The van der Waals surface area contributed by atoms with Gasteiger partial charge in [-0.15, -0.1) is 0 Å². The van der Waals surface area contributed by atoms with Crippen molar-refractivity contribution in [1.82, 2.24) is 5.32 Å². The van der Waals surface area contributed by atoms with Crippen molar-refractivity contribution in [3.8, 4) is 0 Å². The minimum atomic E-state index is 0.493. The maximum absolute atomic E-state index is 3.65. The quantitative estimate of drug-likeness (QED) is 0.846. The second-order valence-electron chi connectivity index (χ2n) is 4.07. The van der Waals surface area contributed by atoms with Crippen LogP contribution in [0.25, 0.3) is 0 Å². The van der Waals surface area contributed by atoms with Crippen LogP contribution in [0.1, 0.15) is 24.1 Å². The minimum absolute atomic E-state index is 0.493. The van der Waals surface area contributed by atoms with Crippen LogP contribution in [0.2, 0.25) is 0 Å². The third-order valence-electron chi connectivity index (χ3n) is 3.00. The molecule has 15 heavy (non-hydrogen) atoms. The van der Waals surface area contributed by atoms with Crippen LogP contribution >= 0.6 is 27.7 Å². The van der Waals surface area contributed by atoms with Gasteiger partial charge in [-0.1, -0.05) is 35.0 Å². The van der Waals surface area contributed by atoms with Gasteiger partial charge >= 0.3 is 0 Å². The molecule has 0 saturated carbocycles. The number of hydrogen-bond donors (Lipinski definition) is 1. The number of fused-ring (bicyclic) bond motifs is 1. The summed E-state index contributed by atoms with van der Waals surface area (Å²) in [4.78, 5) is 0. The number of thioether (sulfide) groups is 1. The minimum Gasteiger partial charge on any atom is -0.313 e. The fraction of sp³-hybridized carbons (Fsp3) is 0.500. The predicted molar refractivity (Wildman–Crippen MR) is 71.3 cm³/mol. The number of nitrogens with one attached hydrogen (secondary N) is 1. The Balaban J connectivity index is 2.47. The van der Waals surface area contributed by atoms with Crippen LogP contribution in [0.15, 0.2) is 22.7 Å². The lowest BCUT2D eigenvalue weighted by molar-refractivity contribution is 0.450. The van der Waals surface area contributed by atoms with Crippen molar-refractivity contribution in [1.29, 1.82) is 0 Å². The lowest BCUT2D eigenvalue weighted by Crippen LogP contribution is -2.24. The maximum Gasteiger partial charge on any atom is 0.0354 e. The van der Waals surface area contributed by atoms with Crippen molar-refractivity contribution in [2.24, 2.45) is 5.92 Å². The van der Waals surface area contributed by atoms with Crippen molar-refractivity contribution >= 4 is 27.7 Å². The van der Waals surface area contributed by atoms with E-state index in [4.69, 9.17) is 0 Å². The summed E-state index contributed by atoms with van der Waals surface area (Å²) in [6, 6.07) is 7.02. The first-order chi connectivity index (χ1) is 7.24. The van der Waals surface area contributed by atoms with E-state index in [1.165, 1.54) is 21.4 Å². The molecule has 0 radical (unpaired) electrons. The smallest absolute Gasteiger partial charge is 0.0354 e. The zero-order chi connectivity index (χ0) is 10.8. The maximum atomic E-state index is 3.65. The fourth-order valence-corrected chi connectivity index (χ4v) is 4.12. The van der Waals surface area contributed by atoms with E-state index in [2.05, 4.69) is 53.4 Å². The average Bonchev–Trinajstić information content (AvgIpc) is 2.38. The van der Waals surface area contributed by atoms with Crippen LogP contribution in [-0.2, 0) is 5.75 Å². The van der Waals surface area contributed by atoms with Crippen LogP contribution < -0.4 is 5.32 Å². The summed E-state index contributed by atoms with van der Waals surface area (Å²) in [5, 5.41) is 3.44. The van der Waals surface area contributed by atoms with Crippen LogP contribution in [0.3, 0.4) is 0 Å². The average molecular weight is 286 g/mol. The molecule has 0 fully saturated rings. The highest BCUT2D eigenvalue weighted by atomic mass is 79.9. The molecule has 1 aromatic carbocycles. The van der Waals surface area contributed by atoms with Gasteiger partial charge in [-0.3, -0.25) is 0 Å². The summed E-state index contributed by atoms with van der Waals surface area (Å²) < 4.78 is 1.25. The summed E-state index contributed by atoms with van der Waals surface area (Å²) >= 11 is 5.68. The van der Waals surface area contributed by atoms with Crippen LogP contribution in [0.4, 0.5) is 0 Å². The Morgan fingerprint density at radius 1 is 1.47 bits per heavy atom. The summed E-state index contributed by atoms with van der Waals surface area (Å²) in [6.45, 7) is 2.32. The Kier molecular flexibility index (Phi) is 3.75. The largest absolute Gasteiger partial charge is 0.313 e. The highest BCUT2D eigenvalue weighted by Crippen LogP contribution is 2.37.